The lowest BCUT2D eigenvalue weighted by atomic mass is 9.90. The van der Waals surface area contributed by atoms with E-state index in [0.29, 0.717) is 13.2 Å². The number of carbonyl (C=O) groups is 1. The maximum absolute atomic E-state index is 11.4. The van der Waals surface area contributed by atoms with Crippen molar-refractivity contribution in [1.82, 2.24) is 4.90 Å². The van der Waals surface area contributed by atoms with Gasteiger partial charge in [-0.05, 0) is 50.3 Å². The fourth-order valence-electron chi connectivity index (χ4n) is 3.41. The van der Waals surface area contributed by atoms with Gasteiger partial charge in [0.1, 0.15) is 13.2 Å². The molecule has 1 aromatic rings. The van der Waals surface area contributed by atoms with Crippen LogP contribution < -0.4 is 9.47 Å². The zero-order valence-electron chi connectivity index (χ0n) is 13.6. The standard InChI is InChI=1S/C17H23NO4S/c1-11-13(17(19)20)4-3-5-18(11)10-12-8-14-15(9-16(12)23-2)22-7-6-21-14/h8-9,11,13H,3-7,10H2,1-2H3,(H,19,20)/t11-,13-/m0/s1. The van der Waals surface area contributed by atoms with Crippen molar-refractivity contribution in [3.05, 3.63) is 17.7 Å². The summed E-state index contributed by atoms with van der Waals surface area (Å²) in [4.78, 5) is 14.8. The highest BCUT2D eigenvalue weighted by atomic mass is 32.2. The van der Waals surface area contributed by atoms with E-state index in [1.807, 2.05) is 13.0 Å². The lowest BCUT2D eigenvalue weighted by Gasteiger charge is -2.38. The molecule has 0 aliphatic carbocycles. The van der Waals surface area contributed by atoms with Crippen molar-refractivity contribution in [2.24, 2.45) is 5.92 Å². The average Bonchev–Trinajstić information content (AvgIpc) is 2.55. The minimum absolute atomic E-state index is 0.0455. The molecule has 1 saturated heterocycles. The topological polar surface area (TPSA) is 59.0 Å². The molecule has 0 bridgehead atoms. The molecule has 0 unspecified atom stereocenters. The van der Waals surface area contributed by atoms with Gasteiger partial charge in [0.2, 0.25) is 0 Å². The molecule has 2 heterocycles. The molecule has 5 nitrogen and oxygen atoms in total. The number of rotatable bonds is 4. The maximum Gasteiger partial charge on any atom is 0.308 e. The molecule has 126 valence electrons. The Morgan fingerprint density at radius 3 is 2.70 bits per heavy atom. The smallest absolute Gasteiger partial charge is 0.308 e. The maximum atomic E-state index is 11.4. The second-order valence-corrected chi connectivity index (χ2v) is 6.95. The van der Waals surface area contributed by atoms with Crippen LogP contribution in [0.2, 0.25) is 0 Å². The van der Waals surface area contributed by atoms with Crippen LogP contribution in [0.25, 0.3) is 0 Å². The molecule has 0 saturated carbocycles. The van der Waals surface area contributed by atoms with Crippen molar-refractivity contribution in [2.45, 2.75) is 37.2 Å². The first-order valence-electron chi connectivity index (χ1n) is 8.03. The van der Waals surface area contributed by atoms with Crippen LogP contribution in [0, 0.1) is 5.92 Å². The van der Waals surface area contributed by atoms with Crippen LogP contribution in [-0.4, -0.2) is 48.0 Å². The summed E-state index contributed by atoms with van der Waals surface area (Å²) in [6, 6.07) is 4.14. The Morgan fingerprint density at radius 1 is 1.35 bits per heavy atom. The van der Waals surface area contributed by atoms with E-state index in [9.17, 15) is 9.90 Å². The zero-order valence-corrected chi connectivity index (χ0v) is 14.4. The van der Waals surface area contributed by atoms with Crippen molar-refractivity contribution in [2.75, 3.05) is 26.0 Å². The molecule has 1 N–H and O–H groups in total. The lowest BCUT2D eigenvalue weighted by Crippen LogP contribution is -2.45. The Labute approximate surface area is 140 Å². The molecule has 1 fully saturated rings. The van der Waals surface area contributed by atoms with E-state index in [1.54, 1.807) is 11.8 Å². The van der Waals surface area contributed by atoms with E-state index >= 15 is 0 Å². The third kappa shape index (κ3) is 3.43. The van der Waals surface area contributed by atoms with Crippen LogP contribution in [0.4, 0.5) is 0 Å². The normalized spacial score (nSPS) is 24.4. The van der Waals surface area contributed by atoms with Gasteiger partial charge in [-0.2, -0.15) is 0 Å². The number of carboxylic acid groups (broad SMARTS) is 1. The minimum atomic E-state index is -0.686. The highest BCUT2D eigenvalue weighted by Crippen LogP contribution is 2.38. The van der Waals surface area contributed by atoms with Gasteiger partial charge < -0.3 is 14.6 Å². The number of piperidine rings is 1. The van der Waals surface area contributed by atoms with Gasteiger partial charge in [-0.3, -0.25) is 9.69 Å². The van der Waals surface area contributed by atoms with Gasteiger partial charge in [-0.15, -0.1) is 11.8 Å². The SMILES string of the molecule is CSc1cc2c(cc1CN1CCC[C@H](C(=O)O)[C@@H]1C)OCCO2. The Kier molecular flexibility index (Phi) is 5.02. The minimum Gasteiger partial charge on any atom is -0.486 e. The number of hydrogen-bond acceptors (Lipinski definition) is 5. The number of hydrogen-bond donors (Lipinski definition) is 1. The van der Waals surface area contributed by atoms with Crippen molar-refractivity contribution in [3.8, 4) is 11.5 Å². The molecular weight excluding hydrogens is 314 g/mol. The van der Waals surface area contributed by atoms with E-state index in [4.69, 9.17) is 9.47 Å². The fourth-order valence-corrected chi connectivity index (χ4v) is 4.02. The number of likely N-dealkylation sites (tertiary alicyclic amines) is 1. The summed E-state index contributed by atoms with van der Waals surface area (Å²) < 4.78 is 11.3. The second-order valence-electron chi connectivity index (χ2n) is 6.11. The van der Waals surface area contributed by atoms with Crippen molar-refractivity contribution < 1.29 is 19.4 Å². The summed E-state index contributed by atoms with van der Waals surface area (Å²) in [5.74, 6) is 0.635. The van der Waals surface area contributed by atoms with Crippen LogP contribution in [0.15, 0.2) is 17.0 Å². The summed E-state index contributed by atoms with van der Waals surface area (Å²) in [6.07, 6.45) is 3.75. The van der Waals surface area contributed by atoms with E-state index in [0.717, 1.165) is 37.4 Å². The fraction of sp³-hybridized carbons (Fsp3) is 0.588. The summed E-state index contributed by atoms with van der Waals surface area (Å²) in [5.41, 5.74) is 1.18. The first-order valence-corrected chi connectivity index (χ1v) is 9.26. The van der Waals surface area contributed by atoms with Gasteiger partial charge in [0.15, 0.2) is 11.5 Å². The Balaban J connectivity index is 1.82. The van der Waals surface area contributed by atoms with E-state index in [2.05, 4.69) is 17.2 Å². The molecule has 23 heavy (non-hydrogen) atoms. The van der Waals surface area contributed by atoms with E-state index in [-0.39, 0.29) is 12.0 Å². The summed E-state index contributed by atoms with van der Waals surface area (Å²) in [7, 11) is 0. The van der Waals surface area contributed by atoms with Crippen molar-refractivity contribution in [1.29, 1.82) is 0 Å². The molecule has 0 amide bonds. The predicted octanol–water partition coefficient (Wildman–Crippen LogP) is 2.86. The van der Waals surface area contributed by atoms with Crippen LogP contribution in [0.3, 0.4) is 0 Å². The Morgan fingerprint density at radius 2 is 2.04 bits per heavy atom. The van der Waals surface area contributed by atoms with Gasteiger partial charge in [-0.25, -0.2) is 0 Å². The Hall–Kier alpha value is -1.40. The molecule has 2 atom stereocenters. The van der Waals surface area contributed by atoms with Gasteiger partial charge >= 0.3 is 5.97 Å². The van der Waals surface area contributed by atoms with Gasteiger partial charge in [0.25, 0.3) is 0 Å². The molecule has 0 spiro atoms. The van der Waals surface area contributed by atoms with Crippen molar-refractivity contribution >= 4 is 17.7 Å². The summed E-state index contributed by atoms with van der Waals surface area (Å²) in [6.45, 7) is 4.87. The average molecular weight is 337 g/mol. The predicted molar refractivity (Wildman–Crippen MR) is 89.4 cm³/mol. The summed E-state index contributed by atoms with van der Waals surface area (Å²) >= 11 is 1.69. The second kappa shape index (κ2) is 7.01. The molecule has 2 aliphatic rings. The molecular formula is C17H23NO4S. The number of thioether (sulfide) groups is 1. The zero-order chi connectivity index (χ0) is 16.4. The van der Waals surface area contributed by atoms with Crippen LogP contribution in [0.1, 0.15) is 25.3 Å². The first kappa shape index (κ1) is 16.5. The van der Waals surface area contributed by atoms with E-state index < -0.39 is 5.97 Å². The molecule has 0 aromatic heterocycles. The van der Waals surface area contributed by atoms with Crippen LogP contribution in [-0.2, 0) is 11.3 Å². The number of benzene rings is 1. The molecule has 6 heteroatoms. The van der Waals surface area contributed by atoms with Crippen LogP contribution in [0.5, 0.6) is 11.5 Å². The lowest BCUT2D eigenvalue weighted by molar-refractivity contribution is -0.145. The number of ether oxygens (including phenoxy) is 2. The highest BCUT2D eigenvalue weighted by molar-refractivity contribution is 7.98. The number of nitrogens with zero attached hydrogens (tertiary/aromatic N) is 1. The third-order valence-corrected chi connectivity index (χ3v) is 5.57. The number of aliphatic carboxylic acids is 1. The monoisotopic (exact) mass is 337 g/mol. The van der Waals surface area contributed by atoms with E-state index in [1.165, 1.54) is 10.5 Å². The molecule has 0 radical (unpaired) electrons. The van der Waals surface area contributed by atoms with Gasteiger partial charge in [0.05, 0.1) is 5.92 Å². The highest BCUT2D eigenvalue weighted by Gasteiger charge is 2.33. The largest absolute Gasteiger partial charge is 0.486 e. The molecule has 1 aromatic carbocycles. The van der Waals surface area contributed by atoms with Crippen LogP contribution >= 0.6 is 11.8 Å². The van der Waals surface area contributed by atoms with Crippen molar-refractivity contribution in [3.63, 3.8) is 0 Å². The number of carboxylic acids is 1. The van der Waals surface area contributed by atoms with Gasteiger partial charge in [-0.1, -0.05) is 0 Å². The molecule has 2 aliphatic heterocycles. The summed E-state index contributed by atoms with van der Waals surface area (Å²) in [5, 5.41) is 9.38. The number of fused-ring (bicyclic) bond motifs is 1. The van der Waals surface area contributed by atoms with Gasteiger partial charge in [0, 0.05) is 17.5 Å². The quantitative estimate of drug-likeness (QED) is 0.853. The molecule has 3 rings (SSSR count). The Bertz CT molecular complexity index is 592. The first-order chi connectivity index (χ1) is 11.1. The third-order valence-electron chi connectivity index (χ3n) is 4.75.